The molecule has 98 valence electrons. The van der Waals surface area contributed by atoms with E-state index in [0.29, 0.717) is 12.0 Å². The van der Waals surface area contributed by atoms with Crippen LogP contribution in [0.1, 0.15) is 25.5 Å². The highest BCUT2D eigenvalue weighted by Crippen LogP contribution is 2.29. The quantitative estimate of drug-likeness (QED) is 0.800. The van der Waals surface area contributed by atoms with Crippen molar-refractivity contribution in [2.24, 2.45) is 0 Å². The lowest BCUT2D eigenvalue weighted by Gasteiger charge is -2.29. The molecule has 1 aromatic carbocycles. The summed E-state index contributed by atoms with van der Waals surface area (Å²) in [5.41, 5.74) is 0.554. The Balaban J connectivity index is 3.23. The second kappa shape index (κ2) is 6.33. The van der Waals surface area contributed by atoms with Crippen molar-refractivity contribution < 1.29 is 14.7 Å². The van der Waals surface area contributed by atoms with E-state index in [1.165, 1.54) is 4.90 Å². The van der Waals surface area contributed by atoms with Gasteiger partial charge in [-0.15, -0.1) is 0 Å². The number of carboxylic acid groups (broad SMARTS) is 1. The maximum absolute atomic E-state index is 11.4. The van der Waals surface area contributed by atoms with Crippen LogP contribution in [0, 0.1) is 0 Å². The van der Waals surface area contributed by atoms with Gasteiger partial charge in [0.25, 0.3) is 0 Å². The number of nitrogens with zero attached hydrogens (tertiary/aromatic N) is 1. The summed E-state index contributed by atoms with van der Waals surface area (Å²) in [6.45, 7) is 3.55. The van der Waals surface area contributed by atoms with Crippen LogP contribution in [0.5, 0.6) is 0 Å². The number of aliphatic carboxylic acids is 1. The highest BCUT2D eigenvalue weighted by atomic mass is 79.9. The molecule has 6 heteroatoms. The topological polar surface area (TPSA) is 57.6 Å². The summed E-state index contributed by atoms with van der Waals surface area (Å²) in [4.78, 5) is 23.7. The van der Waals surface area contributed by atoms with E-state index in [4.69, 9.17) is 0 Å². The summed E-state index contributed by atoms with van der Waals surface area (Å²) in [6.07, 6.45) is 0.569. The number of hydrogen-bond donors (Lipinski definition) is 1. The number of benzene rings is 1. The molecule has 0 fully saturated rings. The lowest BCUT2D eigenvalue weighted by molar-refractivity contribution is -0.148. The van der Waals surface area contributed by atoms with Crippen LogP contribution < -0.4 is 0 Å². The van der Waals surface area contributed by atoms with E-state index in [0.717, 1.165) is 8.95 Å². The largest absolute Gasteiger partial charge is 0.479 e. The molecule has 0 spiro atoms. The van der Waals surface area contributed by atoms with Crippen molar-refractivity contribution in [3.05, 3.63) is 32.7 Å². The summed E-state index contributed by atoms with van der Waals surface area (Å²) >= 11 is 6.65. The first-order valence-electron chi connectivity index (χ1n) is 5.29. The molecular weight excluding hydrogens is 366 g/mol. The summed E-state index contributed by atoms with van der Waals surface area (Å²) < 4.78 is 1.58. The third-order valence-electron chi connectivity index (χ3n) is 2.51. The fourth-order valence-electron chi connectivity index (χ4n) is 1.61. The van der Waals surface area contributed by atoms with Crippen LogP contribution in [0.4, 0.5) is 0 Å². The highest BCUT2D eigenvalue weighted by molar-refractivity contribution is 9.13. The molecule has 1 unspecified atom stereocenters. The minimum atomic E-state index is -1.05. The Labute approximate surface area is 122 Å². The Bertz CT molecular complexity index is 463. The second-order valence-corrected chi connectivity index (χ2v) is 5.77. The Morgan fingerprint density at radius 3 is 2.33 bits per heavy atom. The molecule has 0 aromatic heterocycles. The van der Waals surface area contributed by atoms with Crippen LogP contribution >= 0.6 is 31.9 Å². The SMILES string of the molecule is CC(C)N(C=O)C(C(=O)O)c1ccc(Br)c(Br)c1. The van der Waals surface area contributed by atoms with E-state index < -0.39 is 12.0 Å². The average molecular weight is 379 g/mol. The van der Waals surface area contributed by atoms with Gasteiger partial charge in [-0.25, -0.2) is 4.79 Å². The molecule has 0 aliphatic heterocycles. The van der Waals surface area contributed by atoms with E-state index >= 15 is 0 Å². The molecule has 1 N–H and O–H groups in total. The molecule has 0 saturated heterocycles. The second-order valence-electron chi connectivity index (χ2n) is 4.06. The van der Waals surface area contributed by atoms with Crippen molar-refractivity contribution >= 4 is 44.2 Å². The van der Waals surface area contributed by atoms with Crippen LogP contribution in [0.25, 0.3) is 0 Å². The lowest BCUT2D eigenvalue weighted by Crippen LogP contribution is -2.38. The van der Waals surface area contributed by atoms with Gasteiger partial charge in [0.05, 0.1) is 0 Å². The molecule has 0 saturated carbocycles. The first kappa shape index (κ1) is 15.2. The highest BCUT2D eigenvalue weighted by Gasteiger charge is 2.28. The summed E-state index contributed by atoms with van der Waals surface area (Å²) in [7, 11) is 0. The van der Waals surface area contributed by atoms with Crippen LogP contribution in [-0.2, 0) is 9.59 Å². The van der Waals surface area contributed by atoms with Gasteiger partial charge in [0.1, 0.15) is 0 Å². The zero-order chi connectivity index (χ0) is 13.9. The van der Waals surface area contributed by atoms with Gasteiger partial charge in [-0.3, -0.25) is 4.79 Å². The third-order valence-corrected chi connectivity index (χ3v) is 4.39. The van der Waals surface area contributed by atoms with Crippen molar-refractivity contribution in [1.29, 1.82) is 0 Å². The molecule has 4 nitrogen and oxygen atoms in total. The monoisotopic (exact) mass is 377 g/mol. The van der Waals surface area contributed by atoms with Crippen molar-refractivity contribution in [2.75, 3.05) is 0 Å². The number of hydrogen-bond acceptors (Lipinski definition) is 2. The number of halogens is 2. The maximum atomic E-state index is 11.4. The van der Waals surface area contributed by atoms with E-state index in [-0.39, 0.29) is 6.04 Å². The summed E-state index contributed by atoms with van der Waals surface area (Å²) in [6, 6.07) is 3.96. The van der Waals surface area contributed by atoms with Crippen molar-refractivity contribution in [2.45, 2.75) is 25.9 Å². The van der Waals surface area contributed by atoms with Gasteiger partial charge in [0.15, 0.2) is 6.04 Å². The first-order chi connectivity index (χ1) is 8.38. The molecule has 1 rings (SSSR count). The number of rotatable bonds is 5. The molecule has 0 bridgehead atoms. The van der Waals surface area contributed by atoms with Crippen LogP contribution in [-0.4, -0.2) is 28.4 Å². The normalized spacial score (nSPS) is 12.3. The van der Waals surface area contributed by atoms with Gasteiger partial charge >= 0.3 is 5.97 Å². The Hall–Kier alpha value is -0.880. The predicted octanol–water partition coefficient (Wildman–Crippen LogP) is 3.20. The number of carbonyl (C=O) groups is 2. The maximum Gasteiger partial charge on any atom is 0.331 e. The van der Waals surface area contributed by atoms with Crippen molar-refractivity contribution in [3.63, 3.8) is 0 Å². The van der Waals surface area contributed by atoms with Gasteiger partial charge in [-0.1, -0.05) is 6.07 Å². The van der Waals surface area contributed by atoms with Crippen LogP contribution in [0.2, 0.25) is 0 Å². The molecule has 1 atom stereocenters. The van der Waals surface area contributed by atoms with Gasteiger partial charge in [0.2, 0.25) is 6.41 Å². The average Bonchev–Trinajstić information content (AvgIpc) is 2.28. The molecular formula is C12H13Br2NO3. The van der Waals surface area contributed by atoms with Crippen LogP contribution in [0.15, 0.2) is 27.1 Å². The zero-order valence-electron chi connectivity index (χ0n) is 9.93. The van der Waals surface area contributed by atoms with Gasteiger partial charge < -0.3 is 10.0 Å². The molecule has 1 aromatic rings. The number of carbonyl (C=O) groups excluding carboxylic acids is 1. The molecule has 0 aliphatic rings. The Kier molecular flexibility index (Phi) is 5.34. The van der Waals surface area contributed by atoms with Gasteiger partial charge in [-0.2, -0.15) is 0 Å². The molecule has 1 amide bonds. The number of carboxylic acids is 1. The molecule has 0 radical (unpaired) electrons. The Morgan fingerprint density at radius 2 is 1.94 bits per heavy atom. The van der Waals surface area contributed by atoms with E-state index in [1.807, 2.05) is 0 Å². The first-order valence-corrected chi connectivity index (χ1v) is 6.87. The molecule has 0 heterocycles. The molecule has 18 heavy (non-hydrogen) atoms. The fourth-order valence-corrected chi connectivity index (χ4v) is 2.25. The summed E-state index contributed by atoms with van der Waals surface area (Å²) in [5.74, 6) is -1.05. The lowest BCUT2D eigenvalue weighted by atomic mass is 10.0. The van der Waals surface area contributed by atoms with Crippen LogP contribution in [0.3, 0.4) is 0 Å². The van der Waals surface area contributed by atoms with E-state index in [1.54, 1.807) is 32.0 Å². The molecule has 0 aliphatic carbocycles. The van der Waals surface area contributed by atoms with Gasteiger partial charge in [0, 0.05) is 15.0 Å². The fraction of sp³-hybridized carbons (Fsp3) is 0.333. The van der Waals surface area contributed by atoms with Crippen molar-refractivity contribution in [1.82, 2.24) is 4.90 Å². The van der Waals surface area contributed by atoms with Crippen molar-refractivity contribution in [3.8, 4) is 0 Å². The smallest absolute Gasteiger partial charge is 0.331 e. The predicted molar refractivity (Wildman–Crippen MR) is 75.3 cm³/mol. The minimum Gasteiger partial charge on any atom is -0.479 e. The van der Waals surface area contributed by atoms with Gasteiger partial charge in [-0.05, 0) is 63.4 Å². The van der Waals surface area contributed by atoms with E-state index in [2.05, 4.69) is 31.9 Å². The summed E-state index contributed by atoms with van der Waals surface area (Å²) in [5, 5.41) is 9.31. The zero-order valence-corrected chi connectivity index (χ0v) is 13.1. The minimum absolute atomic E-state index is 0.189. The standard InChI is InChI=1S/C12H13Br2NO3/c1-7(2)15(6-16)11(12(17)18)8-3-4-9(13)10(14)5-8/h3-7,11H,1-2H3,(H,17,18). The Morgan fingerprint density at radius 1 is 1.33 bits per heavy atom. The van der Waals surface area contributed by atoms with E-state index in [9.17, 15) is 14.7 Å². The third kappa shape index (κ3) is 3.32. The number of amides is 1.